The summed E-state index contributed by atoms with van der Waals surface area (Å²) in [5, 5.41) is 10.1. The van der Waals surface area contributed by atoms with Gasteiger partial charge in [-0.3, -0.25) is 9.59 Å². The standard InChI is InChI=1S/C11H14O3S2/c1-3-7(2)9(10(12)13)16-11(14)8-5-4-6-15-8/h4-7,9H,3H2,1-2H3,(H,12,13). The highest BCUT2D eigenvalue weighted by Gasteiger charge is 2.27. The molecule has 88 valence electrons. The van der Waals surface area contributed by atoms with E-state index in [2.05, 4.69) is 0 Å². The van der Waals surface area contributed by atoms with Gasteiger partial charge < -0.3 is 5.11 Å². The molecule has 0 aliphatic rings. The Hall–Kier alpha value is -0.810. The van der Waals surface area contributed by atoms with Crippen LogP contribution in [-0.2, 0) is 4.79 Å². The topological polar surface area (TPSA) is 54.4 Å². The first-order chi connectivity index (χ1) is 7.56. The molecule has 0 bridgehead atoms. The molecule has 1 aromatic heterocycles. The van der Waals surface area contributed by atoms with Crippen molar-refractivity contribution >= 4 is 34.2 Å². The number of rotatable bonds is 5. The third kappa shape index (κ3) is 3.35. The first-order valence-electron chi connectivity index (χ1n) is 5.03. The van der Waals surface area contributed by atoms with Gasteiger partial charge in [0.1, 0.15) is 5.25 Å². The summed E-state index contributed by atoms with van der Waals surface area (Å²) < 4.78 is 0. The number of hydrogen-bond donors (Lipinski definition) is 1. The van der Waals surface area contributed by atoms with E-state index in [9.17, 15) is 9.59 Å². The summed E-state index contributed by atoms with van der Waals surface area (Å²) in [6.07, 6.45) is 0.752. The molecule has 5 heteroatoms. The molecule has 1 rings (SSSR count). The largest absolute Gasteiger partial charge is 0.480 e. The average molecular weight is 258 g/mol. The minimum absolute atomic E-state index is 0.00795. The molecule has 0 aromatic carbocycles. The zero-order valence-corrected chi connectivity index (χ0v) is 10.8. The van der Waals surface area contributed by atoms with E-state index in [-0.39, 0.29) is 11.0 Å². The van der Waals surface area contributed by atoms with Gasteiger partial charge in [0.25, 0.3) is 0 Å². The van der Waals surface area contributed by atoms with Gasteiger partial charge in [-0.05, 0) is 17.4 Å². The molecule has 0 amide bonds. The number of aliphatic carboxylic acids is 1. The van der Waals surface area contributed by atoms with Crippen molar-refractivity contribution in [3.05, 3.63) is 22.4 Å². The van der Waals surface area contributed by atoms with Gasteiger partial charge in [0.2, 0.25) is 5.12 Å². The SMILES string of the molecule is CCC(C)C(SC(=O)c1cccs1)C(=O)O. The van der Waals surface area contributed by atoms with Crippen molar-refractivity contribution in [1.82, 2.24) is 0 Å². The van der Waals surface area contributed by atoms with E-state index in [1.165, 1.54) is 11.3 Å². The Morgan fingerprint density at radius 1 is 1.56 bits per heavy atom. The molecule has 0 saturated heterocycles. The zero-order valence-electron chi connectivity index (χ0n) is 9.17. The fourth-order valence-electron chi connectivity index (χ4n) is 1.19. The maximum absolute atomic E-state index is 11.8. The monoisotopic (exact) mass is 258 g/mol. The lowest BCUT2D eigenvalue weighted by Gasteiger charge is -2.16. The van der Waals surface area contributed by atoms with Crippen molar-refractivity contribution < 1.29 is 14.7 Å². The highest BCUT2D eigenvalue weighted by Crippen LogP contribution is 2.27. The Morgan fingerprint density at radius 2 is 2.25 bits per heavy atom. The van der Waals surface area contributed by atoms with Crippen LogP contribution in [0.4, 0.5) is 0 Å². The molecule has 0 aliphatic carbocycles. The third-order valence-corrected chi connectivity index (χ3v) is 4.71. The van der Waals surface area contributed by atoms with Crippen molar-refractivity contribution in [3.8, 4) is 0 Å². The first-order valence-corrected chi connectivity index (χ1v) is 6.79. The number of hydrogen-bond acceptors (Lipinski definition) is 4. The van der Waals surface area contributed by atoms with E-state index < -0.39 is 11.2 Å². The van der Waals surface area contributed by atoms with Gasteiger partial charge in [0.05, 0.1) is 4.88 Å². The lowest BCUT2D eigenvalue weighted by molar-refractivity contribution is -0.137. The number of carboxylic acid groups (broad SMARTS) is 1. The number of thiophene rings is 1. The fourth-order valence-corrected chi connectivity index (χ4v) is 2.98. The smallest absolute Gasteiger partial charge is 0.317 e. The van der Waals surface area contributed by atoms with Crippen LogP contribution in [0.5, 0.6) is 0 Å². The van der Waals surface area contributed by atoms with Crippen molar-refractivity contribution in [2.75, 3.05) is 0 Å². The highest BCUT2D eigenvalue weighted by molar-refractivity contribution is 8.15. The second kappa shape index (κ2) is 6.06. The van der Waals surface area contributed by atoms with Gasteiger partial charge in [-0.2, -0.15) is 0 Å². The van der Waals surface area contributed by atoms with Crippen LogP contribution in [-0.4, -0.2) is 21.4 Å². The molecule has 1 aromatic rings. The summed E-state index contributed by atoms with van der Waals surface area (Å²) >= 11 is 2.26. The van der Waals surface area contributed by atoms with Crippen molar-refractivity contribution in [1.29, 1.82) is 0 Å². The summed E-state index contributed by atoms with van der Waals surface area (Å²) in [6, 6.07) is 3.51. The van der Waals surface area contributed by atoms with Crippen LogP contribution in [0.3, 0.4) is 0 Å². The van der Waals surface area contributed by atoms with Crippen LogP contribution in [0.15, 0.2) is 17.5 Å². The molecular weight excluding hydrogens is 244 g/mol. The zero-order chi connectivity index (χ0) is 12.1. The Labute approximate surface area is 103 Å². The maximum Gasteiger partial charge on any atom is 0.317 e. The first kappa shape index (κ1) is 13.3. The molecule has 3 nitrogen and oxygen atoms in total. The summed E-state index contributed by atoms with van der Waals surface area (Å²) in [6.45, 7) is 3.78. The number of thioether (sulfide) groups is 1. The second-order valence-electron chi connectivity index (χ2n) is 3.53. The number of carbonyl (C=O) groups is 2. The molecule has 0 spiro atoms. The summed E-state index contributed by atoms with van der Waals surface area (Å²) in [5.74, 6) is -0.921. The van der Waals surface area contributed by atoms with Gasteiger partial charge in [-0.25, -0.2) is 0 Å². The number of carboxylic acids is 1. The average Bonchev–Trinajstić information content (AvgIpc) is 2.77. The normalized spacial score (nSPS) is 14.4. The molecule has 0 aliphatic heterocycles. The lowest BCUT2D eigenvalue weighted by atomic mass is 10.1. The van der Waals surface area contributed by atoms with Crippen LogP contribution in [0.25, 0.3) is 0 Å². The van der Waals surface area contributed by atoms with Crippen molar-refractivity contribution in [2.45, 2.75) is 25.5 Å². The molecule has 0 fully saturated rings. The van der Waals surface area contributed by atoms with Gasteiger partial charge in [-0.15, -0.1) is 11.3 Å². The Balaban J connectivity index is 2.69. The summed E-state index contributed by atoms with van der Waals surface area (Å²) in [4.78, 5) is 23.4. The molecule has 0 radical (unpaired) electrons. The van der Waals surface area contributed by atoms with Crippen LogP contribution >= 0.6 is 23.1 Å². The maximum atomic E-state index is 11.8. The van der Waals surface area contributed by atoms with Crippen LogP contribution in [0.2, 0.25) is 0 Å². The Kier molecular flexibility index (Phi) is 5.02. The fraction of sp³-hybridized carbons (Fsp3) is 0.455. The highest BCUT2D eigenvalue weighted by atomic mass is 32.2. The lowest BCUT2D eigenvalue weighted by Crippen LogP contribution is -2.25. The number of carbonyl (C=O) groups excluding carboxylic acids is 1. The molecule has 2 unspecified atom stereocenters. The van der Waals surface area contributed by atoms with Gasteiger partial charge >= 0.3 is 5.97 Å². The van der Waals surface area contributed by atoms with Gasteiger partial charge in [0.15, 0.2) is 0 Å². The quantitative estimate of drug-likeness (QED) is 0.881. The third-order valence-electron chi connectivity index (χ3n) is 2.36. The van der Waals surface area contributed by atoms with E-state index in [0.29, 0.717) is 4.88 Å². The molecule has 0 saturated carbocycles. The molecule has 2 atom stereocenters. The molecular formula is C11H14O3S2. The molecule has 16 heavy (non-hydrogen) atoms. The van der Waals surface area contributed by atoms with Gasteiger partial charge in [-0.1, -0.05) is 38.1 Å². The molecule has 1 heterocycles. The Morgan fingerprint density at radius 3 is 2.69 bits per heavy atom. The van der Waals surface area contributed by atoms with E-state index in [0.717, 1.165) is 18.2 Å². The van der Waals surface area contributed by atoms with Crippen LogP contribution in [0.1, 0.15) is 29.9 Å². The summed E-state index contributed by atoms with van der Waals surface area (Å²) in [5.41, 5.74) is 0. The minimum Gasteiger partial charge on any atom is -0.480 e. The second-order valence-corrected chi connectivity index (χ2v) is 5.59. The predicted molar refractivity (Wildman–Crippen MR) is 67.1 cm³/mol. The predicted octanol–water partition coefficient (Wildman–Crippen LogP) is 3.12. The van der Waals surface area contributed by atoms with E-state index >= 15 is 0 Å². The van der Waals surface area contributed by atoms with E-state index in [4.69, 9.17) is 5.11 Å². The van der Waals surface area contributed by atoms with E-state index in [1.807, 2.05) is 19.2 Å². The minimum atomic E-state index is -0.913. The molecule has 1 N–H and O–H groups in total. The van der Waals surface area contributed by atoms with E-state index in [1.54, 1.807) is 12.1 Å². The van der Waals surface area contributed by atoms with Crippen LogP contribution in [0, 0.1) is 5.92 Å². The Bertz CT molecular complexity index is 359. The van der Waals surface area contributed by atoms with Gasteiger partial charge in [0, 0.05) is 0 Å². The summed E-state index contributed by atoms with van der Waals surface area (Å²) in [7, 11) is 0. The van der Waals surface area contributed by atoms with Crippen molar-refractivity contribution in [3.63, 3.8) is 0 Å². The van der Waals surface area contributed by atoms with Crippen molar-refractivity contribution in [2.24, 2.45) is 5.92 Å². The van der Waals surface area contributed by atoms with Crippen LogP contribution < -0.4 is 0 Å².